The molecule has 0 aliphatic heterocycles. The molecular formula is C44H66O3. The summed E-state index contributed by atoms with van der Waals surface area (Å²) in [6.07, 6.45) is 25.4. The Morgan fingerprint density at radius 2 is 0.745 bits per heavy atom. The van der Waals surface area contributed by atoms with Crippen molar-refractivity contribution in [1.82, 2.24) is 0 Å². The highest BCUT2D eigenvalue weighted by Crippen LogP contribution is 2.50. The lowest BCUT2D eigenvalue weighted by Crippen LogP contribution is -2.31. The van der Waals surface area contributed by atoms with Crippen molar-refractivity contribution in [2.24, 2.45) is 47.3 Å². The van der Waals surface area contributed by atoms with E-state index < -0.39 is 0 Å². The van der Waals surface area contributed by atoms with Gasteiger partial charge in [0, 0.05) is 0 Å². The lowest BCUT2D eigenvalue weighted by molar-refractivity contribution is -0.0934. The lowest BCUT2D eigenvalue weighted by Gasteiger charge is -2.43. The van der Waals surface area contributed by atoms with E-state index in [0.29, 0.717) is 11.8 Å². The highest BCUT2D eigenvalue weighted by Gasteiger charge is 2.39. The van der Waals surface area contributed by atoms with Gasteiger partial charge in [-0.25, -0.2) is 0 Å². The first kappa shape index (κ1) is 34.8. The van der Waals surface area contributed by atoms with E-state index >= 15 is 0 Å². The highest BCUT2D eigenvalue weighted by molar-refractivity contribution is 5.31. The van der Waals surface area contributed by atoms with Gasteiger partial charge in [-0.1, -0.05) is 76.6 Å². The average Bonchev–Trinajstić information content (AvgIpc) is 3.16. The molecule has 3 nitrogen and oxygen atoms in total. The fourth-order valence-corrected chi connectivity index (χ4v) is 10.6. The summed E-state index contributed by atoms with van der Waals surface area (Å²) in [5.74, 6) is 8.70. The molecule has 0 spiro atoms. The van der Waals surface area contributed by atoms with Gasteiger partial charge in [0.15, 0.2) is 0 Å². The van der Waals surface area contributed by atoms with E-state index in [1.807, 2.05) is 0 Å². The van der Waals surface area contributed by atoms with Crippen molar-refractivity contribution < 1.29 is 14.2 Å². The van der Waals surface area contributed by atoms with Crippen LogP contribution in [-0.2, 0) is 4.74 Å². The summed E-state index contributed by atoms with van der Waals surface area (Å²) in [5.41, 5.74) is 2.66. The molecule has 0 heterocycles. The van der Waals surface area contributed by atoms with E-state index in [4.69, 9.17) is 14.2 Å². The molecule has 0 radical (unpaired) electrons. The van der Waals surface area contributed by atoms with Gasteiger partial charge < -0.3 is 14.2 Å². The topological polar surface area (TPSA) is 27.7 Å². The molecule has 2 aromatic carbocycles. The van der Waals surface area contributed by atoms with Crippen molar-refractivity contribution in [2.45, 2.75) is 142 Å². The summed E-state index contributed by atoms with van der Waals surface area (Å²) >= 11 is 0. The Morgan fingerprint density at radius 1 is 0.447 bits per heavy atom. The van der Waals surface area contributed by atoms with Crippen LogP contribution in [0.4, 0.5) is 0 Å². The minimum absolute atomic E-state index is 0.117. The molecule has 0 aromatic heterocycles. The third kappa shape index (κ3) is 8.78. The van der Waals surface area contributed by atoms with Gasteiger partial charge in [-0.3, -0.25) is 0 Å². The van der Waals surface area contributed by atoms with Crippen molar-refractivity contribution in [3.63, 3.8) is 0 Å². The Kier molecular flexibility index (Phi) is 12.7. The summed E-state index contributed by atoms with van der Waals surface area (Å²) in [5, 5.41) is 0. The summed E-state index contributed by atoms with van der Waals surface area (Å²) in [6.45, 7) is 4.77. The highest BCUT2D eigenvalue weighted by atomic mass is 16.5. The number of hydrogen-bond donors (Lipinski definition) is 0. The van der Waals surface area contributed by atoms with Gasteiger partial charge in [-0.05, 0) is 160 Å². The van der Waals surface area contributed by atoms with E-state index in [1.165, 1.54) is 127 Å². The number of ether oxygens (including phenoxy) is 3. The summed E-state index contributed by atoms with van der Waals surface area (Å²) < 4.78 is 18.7. The van der Waals surface area contributed by atoms with E-state index in [1.54, 1.807) is 14.2 Å². The molecule has 4 fully saturated rings. The molecule has 0 bridgehead atoms. The molecule has 260 valence electrons. The normalized spacial score (nSPS) is 33.1. The quantitative estimate of drug-likeness (QED) is 0.231. The molecule has 0 saturated heterocycles. The van der Waals surface area contributed by atoms with E-state index in [2.05, 4.69) is 62.4 Å². The fraction of sp³-hybridized carbons (Fsp3) is 0.727. The Balaban J connectivity index is 1.18. The van der Waals surface area contributed by atoms with Crippen LogP contribution in [0.1, 0.15) is 153 Å². The first-order valence-corrected chi connectivity index (χ1v) is 20.0. The van der Waals surface area contributed by atoms with Crippen molar-refractivity contribution in [3.05, 3.63) is 59.7 Å². The molecular weight excluding hydrogens is 576 g/mol. The second-order valence-electron chi connectivity index (χ2n) is 16.3. The van der Waals surface area contributed by atoms with Crippen LogP contribution in [0.5, 0.6) is 11.5 Å². The van der Waals surface area contributed by atoms with Gasteiger partial charge in [0.2, 0.25) is 0 Å². The van der Waals surface area contributed by atoms with E-state index in [-0.39, 0.29) is 12.2 Å². The number of methoxy groups -OCH3 is 2. The van der Waals surface area contributed by atoms with Crippen LogP contribution in [-0.4, -0.2) is 14.2 Å². The lowest BCUT2D eigenvalue weighted by atomic mass is 9.67. The van der Waals surface area contributed by atoms with Gasteiger partial charge >= 0.3 is 0 Å². The second-order valence-corrected chi connectivity index (χ2v) is 16.3. The third-order valence-electron chi connectivity index (χ3n) is 13.9. The zero-order valence-electron chi connectivity index (χ0n) is 30.3. The number of hydrogen-bond acceptors (Lipinski definition) is 3. The molecule has 4 aliphatic rings. The maximum atomic E-state index is 7.59. The standard InChI is InChI=1S/C44H66O3/c1-5-31-7-11-33(12-8-31)35-15-19-37(20-16-35)43(39-23-27-41(45-3)28-24-39)47-44(40-25-29-42(46-4)30-26-40)38-21-17-36(18-22-38)34-13-9-32(6-2)10-14-34/h23-38,43-44H,5-22H2,1-4H3. The van der Waals surface area contributed by atoms with E-state index in [0.717, 1.165) is 47.0 Å². The maximum Gasteiger partial charge on any atom is 0.118 e. The minimum Gasteiger partial charge on any atom is -0.497 e. The van der Waals surface area contributed by atoms with Crippen molar-refractivity contribution >= 4 is 0 Å². The molecule has 2 unspecified atom stereocenters. The zero-order valence-corrected chi connectivity index (χ0v) is 30.3. The van der Waals surface area contributed by atoms with Crippen LogP contribution in [0.25, 0.3) is 0 Å². The van der Waals surface area contributed by atoms with Crippen LogP contribution >= 0.6 is 0 Å². The molecule has 47 heavy (non-hydrogen) atoms. The molecule has 6 rings (SSSR count). The van der Waals surface area contributed by atoms with Crippen molar-refractivity contribution in [3.8, 4) is 11.5 Å². The monoisotopic (exact) mass is 643 g/mol. The van der Waals surface area contributed by atoms with Crippen LogP contribution in [0, 0.1) is 47.3 Å². The predicted molar refractivity (Wildman–Crippen MR) is 195 cm³/mol. The Labute approximate surface area is 287 Å². The molecule has 3 heteroatoms. The molecule has 2 aromatic rings. The first-order chi connectivity index (χ1) is 23.1. The summed E-state index contributed by atoms with van der Waals surface area (Å²) in [4.78, 5) is 0. The largest absolute Gasteiger partial charge is 0.497 e. The average molecular weight is 643 g/mol. The van der Waals surface area contributed by atoms with Crippen LogP contribution in [0.2, 0.25) is 0 Å². The van der Waals surface area contributed by atoms with Crippen molar-refractivity contribution in [2.75, 3.05) is 14.2 Å². The van der Waals surface area contributed by atoms with E-state index in [9.17, 15) is 0 Å². The maximum absolute atomic E-state index is 7.59. The smallest absolute Gasteiger partial charge is 0.118 e. The first-order valence-electron chi connectivity index (χ1n) is 20.0. The Bertz CT molecular complexity index is 1060. The molecule has 0 amide bonds. The van der Waals surface area contributed by atoms with Gasteiger partial charge in [0.25, 0.3) is 0 Å². The van der Waals surface area contributed by atoms with Gasteiger partial charge in [0.1, 0.15) is 11.5 Å². The summed E-state index contributed by atoms with van der Waals surface area (Å²) in [7, 11) is 3.54. The predicted octanol–water partition coefficient (Wildman–Crippen LogP) is 12.5. The molecule has 4 saturated carbocycles. The molecule has 2 atom stereocenters. The van der Waals surface area contributed by atoms with Gasteiger partial charge in [-0.2, -0.15) is 0 Å². The Hall–Kier alpha value is -2.00. The van der Waals surface area contributed by atoms with Crippen molar-refractivity contribution in [1.29, 1.82) is 0 Å². The van der Waals surface area contributed by atoms with Gasteiger partial charge in [-0.15, -0.1) is 0 Å². The number of benzene rings is 2. The van der Waals surface area contributed by atoms with Crippen LogP contribution in [0.3, 0.4) is 0 Å². The van der Waals surface area contributed by atoms with Gasteiger partial charge in [0.05, 0.1) is 26.4 Å². The molecule has 0 N–H and O–H groups in total. The van der Waals surface area contributed by atoms with Crippen LogP contribution < -0.4 is 9.47 Å². The minimum atomic E-state index is 0.117. The summed E-state index contributed by atoms with van der Waals surface area (Å²) in [6, 6.07) is 17.7. The second kappa shape index (κ2) is 17.1. The Morgan fingerprint density at radius 3 is 1.02 bits per heavy atom. The number of rotatable bonds is 12. The van der Waals surface area contributed by atoms with Crippen LogP contribution in [0.15, 0.2) is 48.5 Å². The molecule has 4 aliphatic carbocycles. The SMILES string of the molecule is CCC1CCC(C2CCC(C(OC(c3ccc(OC)cc3)C3CCC(C4CCC(CC)CC4)CC3)c3ccc(OC)cc3)CC2)CC1. The third-order valence-corrected chi connectivity index (χ3v) is 13.9. The zero-order chi connectivity index (χ0) is 32.6. The fourth-order valence-electron chi connectivity index (χ4n) is 10.6.